The number of hydrogen-bond donors (Lipinski definition) is 2. The van der Waals surface area contributed by atoms with E-state index in [0.717, 1.165) is 28.1 Å². The molecule has 0 bridgehead atoms. The van der Waals surface area contributed by atoms with Crippen molar-refractivity contribution in [1.29, 1.82) is 0 Å². The molecule has 166 valence electrons. The van der Waals surface area contributed by atoms with Crippen LogP contribution in [0.25, 0.3) is 16.7 Å². The van der Waals surface area contributed by atoms with Crippen molar-refractivity contribution in [3.05, 3.63) is 41.7 Å². The summed E-state index contributed by atoms with van der Waals surface area (Å²) in [5.41, 5.74) is 3.00. The number of fused-ring (bicyclic) bond motifs is 1. The van der Waals surface area contributed by atoms with E-state index in [0.29, 0.717) is 37.2 Å². The van der Waals surface area contributed by atoms with Crippen molar-refractivity contribution >= 4 is 39.2 Å². The predicted octanol–water partition coefficient (Wildman–Crippen LogP) is 2.88. The number of carbonyl (C=O) groups excluding carboxylic acids is 1. The molecular formula is C21H23N7O3S. The summed E-state index contributed by atoms with van der Waals surface area (Å²) in [6.45, 7) is 3.67. The van der Waals surface area contributed by atoms with E-state index in [4.69, 9.17) is 9.47 Å². The molecule has 1 aliphatic heterocycles. The molecule has 0 radical (unpaired) electrons. The third kappa shape index (κ3) is 4.04. The van der Waals surface area contributed by atoms with Gasteiger partial charge in [0.1, 0.15) is 11.6 Å². The minimum Gasteiger partial charge on any atom is -0.470 e. The number of carbonyl (C=O) groups is 1. The normalized spacial score (nSPS) is 15.9. The molecule has 1 atom stereocenters. The second kappa shape index (κ2) is 8.60. The van der Waals surface area contributed by atoms with E-state index in [2.05, 4.69) is 25.7 Å². The molecule has 0 aliphatic carbocycles. The number of thiophene rings is 1. The van der Waals surface area contributed by atoms with Crippen LogP contribution in [-0.2, 0) is 11.8 Å². The van der Waals surface area contributed by atoms with E-state index in [-0.39, 0.29) is 12.0 Å². The summed E-state index contributed by atoms with van der Waals surface area (Å²) in [4.78, 5) is 21.4. The van der Waals surface area contributed by atoms with Gasteiger partial charge in [-0.05, 0) is 19.1 Å². The van der Waals surface area contributed by atoms with E-state index in [1.807, 2.05) is 37.0 Å². The van der Waals surface area contributed by atoms with Gasteiger partial charge in [0.25, 0.3) is 5.91 Å². The fourth-order valence-electron chi connectivity index (χ4n) is 3.56. The van der Waals surface area contributed by atoms with Crippen molar-refractivity contribution in [2.45, 2.75) is 19.4 Å². The zero-order chi connectivity index (χ0) is 22.1. The van der Waals surface area contributed by atoms with E-state index in [9.17, 15) is 4.79 Å². The van der Waals surface area contributed by atoms with Crippen molar-refractivity contribution in [3.8, 4) is 11.6 Å². The van der Waals surface area contributed by atoms with Crippen LogP contribution in [0.2, 0.25) is 0 Å². The van der Waals surface area contributed by atoms with Crippen molar-refractivity contribution in [1.82, 2.24) is 29.6 Å². The van der Waals surface area contributed by atoms with Gasteiger partial charge >= 0.3 is 0 Å². The Bertz CT molecular complexity index is 1260. The van der Waals surface area contributed by atoms with E-state index in [1.165, 1.54) is 11.3 Å². The first-order chi connectivity index (χ1) is 15.6. The van der Waals surface area contributed by atoms with Gasteiger partial charge in [0.05, 0.1) is 41.2 Å². The first kappa shape index (κ1) is 20.5. The van der Waals surface area contributed by atoms with Crippen LogP contribution in [0.15, 0.2) is 36.1 Å². The number of aromatic nitrogens is 5. The Hall–Kier alpha value is -3.44. The van der Waals surface area contributed by atoms with Gasteiger partial charge in [-0.2, -0.15) is 10.1 Å². The Morgan fingerprint density at radius 2 is 2.31 bits per heavy atom. The van der Waals surface area contributed by atoms with Gasteiger partial charge in [-0.25, -0.2) is 4.98 Å². The molecule has 0 spiro atoms. The third-order valence-electron chi connectivity index (χ3n) is 5.07. The molecular weight excluding hydrogens is 430 g/mol. The van der Waals surface area contributed by atoms with Crippen LogP contribution in [-0.4, -0.2) is 56.1 Å². The van der Waals surface area contributed by atoms with Gasteiger partial charge in [0.15, 0.2) is 0 Å². The molecule has 10 nitrogen and oxygen atoms in total. The fraction of sp³-hybridized carbons (Fsp3) is 0.333. The minimum atomic E-state index is -0.105. The van der Waals surface area contributed by atoms with Crippen molar-refractivity contribution in [2.75, 3.05) is 25.1 Å². The maximum atomic E-state index is 12.1. The van der Waals surface area contributed by atoms with Gasteiger partial charge in [0.2, 0.25) is 11.8 Å². The van der Waals surface area contributed by atoms with Crippen molar-refractivity contribution in [2.24, 2.45) is 7.05 Å². The van der Waals surface area contributed by atoms with Crippen LogP contribution in [0.4, 0.5) is 10.9 Å². The monoisotopic (exact) mass is 453 g/mol. The molecule has 1 amide bonds. The van der Waals surface area contributed by atoms with E-state index >= 15 is 0 Å². The molecule has 5 rings (SSSR count). The first-order valence-electron chi connectivity index (χ1n) is 10.4. The van der Waals surface area contributed by atoms with Crippen LogP contribution in [0.1, 0.15) is 23.7 Å². The van der Waals surface area contributed by atoms with E-state index < -0.39 is 0 Å². The molecule has 0 unspecified atom stereocenters. The van der Waals surface area contributed by atoms with Gasteiger partial charge in [0, 0.05) is 37.8 Å². The van der Waals surface area contributed by atoms with E-state index in [1.54, 1.807) is 22.3 Å². The summed E-state index contributed by atoms with van der Waals surface area (Å²) in [6.07, 6.45) is 6.37. The summed E-state index contributed by atoms with van der Waals surface area (Å²) in [7, 11) is 1.87. The molecule has 1 fully saturated rings. The second-order valence-corrected chi connectivity index (χ2v) is 8.34. The molecule has 4 aromatic rings. The molecule has 5 heterocycles. The number of amides is 1. The van der Waals surface area contributed by atoms with Crippen LogP contribution in [0.5, 0.6) is 5.88 Å². The molecule has 4 aromatic heterocycles. The highest BCUT2D eigenvalue weighted by atomic mass is 32.1. The zero-order valence-corrected chi connectivity index (χ0v) is 18.6. The molecule has 1 saturated heterocycles. The van der Waals surface area contributed by atoms with Gasteiger partial charge in [-0.15, -0.1) is 11.3 Å². The standard InChI is InChI=1S/C21H23N7O3S/c1-3-22-19(29)13-8-17(32-12-13)25-21-24-16-4-6-28(14-9-23-27(2)10-14)18(16)20(26-21)31-15-5-7-30-11-15/h4,6,8-10,12,15H,3,5,7,11H2,1-2H3,(H,22,29)(H,24,25,26)/t15-/m1/s1. The number of ether oxygens (including phenoxy) is 2. The maximum Gasteiger partial charge on any atom is 0.252 e. The van der Waals surface area contributed by atoms with Crippen LogP contribution in [0, 0.1) is 0 Å². The minimum absolute atomic E-state index is 0.0655. The Morgan fingerprint density at radius 1 is 1.41 bits per heavy atom. The number of nitrogens with one attached hydrogen (secondary N) is 2. The largest absolute Gasteiger partial charge is 0.470 e. The lowest BCUT2D eigenvalue weighted by molar-refractivity contribution is 0.0956. The number of nitrogens with zero attached hydrogens (tertiary/aromatic N) is 5. The highest BCUT2D eigenvalue weighted by Crippen LogP contribution is 2.31. The smallest absolute Gasteiger partial charge is 0.252 e. The van der Waals surface area contributed by atoms with Gasteiger partial charge < -0.3 is 24.7 Å². The van der Waals surface area contributed by atoms with Gasteiger partial charge in [-0.1, -0.05) is 0 Å². The number of aryl methyl sites for hydroxylation is 1. The van der Waals surface area contributed by atoms with Crippen LogP contribution < -0.4 is 15.4 Å². The lowest BCUT2D eigenvalue weighted by Gasteiger charge is -2.14. The molecule has 11 heteroatoms. The summed E-state index contributed by atoms with van der Waals surface area (Å²) in [5, 5.41) is 12.9. The lowest BCUT2D eigenvalue weighted by Crippen LogP contribution is -2.21. The van der Waals surface area contributed by atoms with Gasteiger partial charge in [-0.3, -0.25) is 9.48 Å². The van der Waals surface area contributed by atoms with Crippen molar-refractivity contribution < 1.29 is 14.3 Å². The molecule has 0 aromatic carbocycles. The third-order valence-corrected chi connectivity index (χ3v) is 5.92. The number of rotatable bonds is 7. The molecule has 1 aliphatic rings. The number of anilines is 2. The highest BCUT2D eigenvalue weighted by molar-refractivity contribution is 7.14. The predicted molar refractivity (Wildman–Crippen MR) is 121 cm³/mol. The summed E-state index contributed by atoms with van der Waals surface area (Å²) in [6, 6.07) is 3.71. The molecule has 2 N–H and O–H groups in total. The second-order valence-electron chi connectivity index (χ2n) is 7.43. The Morgan fingerprint density at radius 3 is 3.06 bits per heavy atom. The first-order valence-corrected chi connectivity index (χ1v) is 11.2. The van der Waals surface area contributed by atoms with Crippen LogP contribution >= 0.6 is 11.3 Å². The van der Waals surface area contributed by atoms with Crippen molar-refractivity contribution in [3.63, 3.8) is 0 Å². The maximum absolute atomic E-state index is 12.1. The Balaban J connectivity index is 1.51. The molecule has 0 saturated carbocycles. The summed E-state index contributed by atoms with van der Waals surface area (Å²) >= 11 is 1.42. The average molecular weight is 454 g/mol. The number of hydrogen-bond acceptors (Lipinski definition) is 8. The summed E-state index contributed by atoms with van der Waals surface area (Å²) < 4.78 is 15.4. The Kier molecular flexibility index (Phi) is 5.50. The zero-order valence-electron chi connectivity index (χ0n) is 17.7. The highest BCUT2D eigenvalue weighted by Gasteiger charge is 2.22. The molecule has 32 heavy (non-hydrogen) atoms. The topological polar surface area (TPSA) is 108 Å². The fourth-order valence-corrected chi connectivity index (χ4v) is 4.33. The SMILES string of the molecule is CCNC(=O)c1csc(Nc2nc(O[C@@H]3CCOC3)c3c(ccn3-c3cnn(C)c3)n2)c1. The average Bonchev–Trinajstić information content (AvgIpc) is 3.55. The van der Waals surface area contributed by atoms with Crippen LogP contribution in [0.3, 0.4) is 0 Å². The summed E-state index contributed by atoms with van der Waals surface area (Å²) in [5.74, 6) is 0.772. The lowest BCUT2D eigenvalue weighted by atomic mass is 10.3. The quantitative estimate of drug-likeness (QED) is 0.443. The Labute approximate surface area is 188 Å².